The Morgan fingerprint density at radius 1 is 1.53 bits per heavy atom. The fraction of sp³-hybridized carbons (Fsp3) is 0.778. The molecule has 0 radical (unpaired) electrons. The molecule has 0 spiro atoms. The molecule has 0 aromatic carbocycles. The lowest BCUT2D eigenvalue weighted by Crippen LogP contribution is -1.93. The third-order valence-electron chi connectivity index (χ3n) is 1.75. The molecule has 4 nitrogen and oxygen atoms in total. The molecule has 1 rings (SSSR count). The minimum absolute atomic E-state index is 0.0470. The summed E-state index contributed by atoms with van der Waals surface area (Å²) >= 11 is 5.71. The standard InChI is InChI=1S/C9H16ClO4P/c1-9(10)5-3-2-4-6-12-15(11)13-7-8-14-15/h3,5,9H,2,4,6-8H2,1H3/b5-3+/t9-/m1/s1. The largest absolute Gasteiger partial charge is 0.474 e. The molecule has 1 fully saturated rings. The number of halogens is 1. The average molecular weight is 255 g/mol. The zero-order valence-corrected chi connectivity index (χ0v) is 10.4. The minimum atomic E-state index is -3.19. The Balaban J connectivity index is 2.04. The predicted molar refractivity (Wildman–Crippen MR) is 59.2 cm³/mol. The molecule has 1 aliphatic heterocycles. The second-order valence-corrected chi connectivity index (χ2v) is 5.55. The maximum Gasteiger partial charge on any atom is 0.474 e. The molecule has 0 aliphatic carbocycles. The smallest absolute Gasteiger partial charge is 0.287 e. The highest BCUT2D eigenvalue weighted by Gasteiger charge is 2.31. The summed E-state index contributed by atoms with van der Waals surface area (Å²) in [6.07, 6.45) is 5.51. The van der Waals surface area contributed by atoms with Crippen LogP contribution in [0.15, 0.2) is 12.2 Å². The van der Waals surface area contributed by atoms with Crippen molar-refractivity contribution in [2.24, 2.45) is 0 Å². The molecular formula is C9H16ClO4P. The van der Waals surface area contributed by atoms with Crippen molar-refractivity contribution in [2.75, 3.05) is 19.8 Å². The molecule has 88 valence electrons. The van der Waals surface area contributed by atoms with E-state index in [0.717, 1.165) is 12.8 Å². The fourth-order valence-electron chi connectivity index (χ4n) is 1.07. The highest BCUT2D eigenvalue weighted by Crippen LogP contribution is 2.52. The Morgan fingerprint density at radius 2 is 2.20 bits per heavy atom. The first-order valence-electron chi connectivity index (χ1n) is 4.97. The van der Waals surface area contributed by atoms with Gasteiger partial charge in [-0.2, -0.15) is 0 Å². The van der Waals surface area contributed by atoms with Crippen molar-refractivity contribution in [1.82, 2.24) is 0 Å². The number of alkyl halides is 1. The van der Waals surface area contributed by atoms with Crippen molar-refractivity contribution in [1.29, 1.82) is 0 Å². The van der Waals surface area contributed by atoms with Crippen molar-refractivity contribution in [2.45, 2.75) is 25.1 Å². The van der Waals surface area contributed by atoms with Crippen molar-refractivity contribution in [3.63, 3.8) is 0 Å². The second-order valence-electron chi connectivity index (χ2n) is 3.19. The topological polar surface area (TPSA) is 44.8 Å². The average Bonchev–Trinajstić information content (AvgIpc) is 2.58. The maximum atomic E-state index is 11.4. The summed E-state index contributed by atoms with van der Waals surface area (Å²) < 4.78 is 26.2. The Bertz CT molecular complexity index is 244. The normalized spacial score (nSPS) is 22.3. The van der Waals surface area contributed by atoms with Crippen LogP contribution in [0.3, 0.4) is 0 Å². The van der Waals surface area contributed by atoms with Gasteiger partial charge >= 0.3 is 7.82 Å². The lowest BCUT2D eigenvalue weighted by molar-refractivity contribution is 0.189. The van der Waals surface area contributed by atoms with E-state index in [0.29, 0.717) is 19.8 Å². The second kappa shape index (κ2) is 6.66. The van der Waals surface area contributed by atoms with Crippen LogP contribution in [-0.2, 0) is 18.1 Å². The Kier molecular flexibility index (Phi) is 5.87. The van der Waals surface area contributed by atoms with Crippen molar-refractivity contribution in [3.8, 4) is 0 Å². The molecular weight excluding hydrogens is 239 g/mol. The highest BCUT2D eigenvalue weighted by molar-refractivity contribution is 7.48. The van der Waals surface area contributed by atoms with Crippen molar-refractivity contribution < 1.29 is 18.1 Å². The number of hydrogen-bond donors (Lipinski definition) is 0. The van der Waals surface area contributed by atoms with Gasteiger partial charge in [0.15, 0.2) is 0 Å². The van der Waals surface area contributed by atoms with Gasteiger partial charge in [-0.25, -0.2) is 4.57 Å². The van der Waals surface area contributed by atoms with E-state index in [1.165, 1.54) is 0 Å². The number of hydrogen-bond acceptors (Lipinski definition) is 4. The third-order valence-corrected chi connectivity index (χ3v) is 3.39. The van der Waals surface area contributed by atoms with Crippen LogP contribution < -0.4 is 0 Å². The van der Waals surface area contributed by atoms with E-state index in [-0.39, 0.29) is 5.38 Å². The summed E-state index contributed by atoms with van der Waals surface area (Å²) in [7, 11) is -3.19. The molecule has 6 heteroatoms. The van der Waals surface area contributed by atoms with Crippen LogP contribution >= 0.6 is 19.4 Å². The Morgan fingerprint density at radius 3 is 2.80 bits per heavy atom. The molecule has 1 saturated heterocycles. The number of unbranched alkanes of at least 4 members (excludes halogenated alkanes) is 1. The minimum Gasteiger partial charge on any atom is -0.287 e. The van der Waals surface area contributed by atoms with Gasteiger partial charge in [-0.1, -0.05) is 12.2 Å². The summed E-state index contributed by atoms with van der Waals surface area (Å²) in [6, 6.07) is 0. The van der Waals surface area contributed by atoms with E-state index in [2.05, 4.69) is 0 Å². The molecule has 15 heavy (non-hydrogen) atoms. The van der Waals surface area contributed by atoms with Crippen LogP contribution in [0.4, 0.5) is 0 Å². The first-order chi connectivity index (χ1) is 7.12. The van der Waals surface area contributed by atoms with E-state index < -0.39 is 7.82 Å². The zero-order valence-electron chi connectivity index (χ0n) is 8.73. The Labute approximate surface area is 95.2 Å². The quantitative estimate of drug-likeness (QED) is 0.316. The van der Waals surface area contributed by atoms with Gasteiger partial charge in [0.1, 0.15) is 0 Å². The SMILES string of the molecule is C[C@@H](Cl)/C=C/CCCOP1(=O)OCCO1. The van der Waals surface area contributed by atoms with Gasteiger partial charge in [0.2, 0.25) is 0 Å². The number of phosphoric ester groups is 1. The van der Waals surface area contributed by atoms with Gasteiger partial charge in [-0.3, -0.25) is 13.6 Å². The van der Waals surface area contributed by atoms with Crippen LogP contribution in [-0.4, -0.2) is 25.2 Å². The number of allylic oxidation sites excluding steroid dienone is 2. The molecule has 1 heterocycles. The monoisotopic (exact) mass is 254 g/mol. The molecule has 0 bridgehead atoms. The summed E-state index contributed by atoms with van der Waals surface area (Å²) in [5, 5.41) is 0.0470. The van der Waals surface area contributed by atoms with E-state index >= 15 is 0 Å². The lowest BCUT2D eigenvalue weighted by atomic mass is 10.3. The zero-order chi connectivity index (χ0) is 11.1. The molecule has 0 N–H and O–H groups in total. The van der Waals surface area contributed by atoms with Gasteiger partial charge in [-0.05, 0) is 19.8 Å². The van der Waals surface area contributed by atoms with E-state index in [1.54, 1.807) is 0 Å². The fourth-order valence-corrected chi connectivity index (χ4v) is 2.35. The van der Waals surface area contributed by atoms with Gasteiger partial charge < -0.3 is 0 Å². The van der Waals surface area contributed by atoms with Crippen molar-refractivity contribution >= 4 is 19.4 Å². The summed E-state index contributed by atoms with van der Waals surface area (Å²) in [6.45, 7) is 2.97. The van der Waals surface area contributed by atoms with E-state index in [1.807, 2.05) is 19.1 Å². The number of phosphoric acid groups is 1. The molecule has 0 saturated carbocycles. The molecule has 0 amide bonds. The predicted octanol–water partition coefficient (Wildman–Crippen LogP) is 3.12. The summed E-state index contributed by atoms with van der Waals surface area (Å²) in [5.41, 5.74) is 0. The number of rotatable bonds is 6. The molecule has 0 unspecified atom stereocenters. The van der Waals surface area contributed by atoms with Crippen LogP contribution in [0.1, 0.15) is 19.8 Å². The van der Waals surface area contributed by atoms with E-state index in [4.69, 9.17) is 25.2 Å². The summed E-state index contributed by atoms with van der Waals surface area (Å²) in [5.74, 6) is 0. The van der Waals surface area contributed by atoms with Crippen LogP contribution in [0.25, 0.3) is 0 Å². The first-order valence-corrected chi connectivity index (χ1v) is 6.86. The van der Waals surface area contributed by atoms with Gasteiger partial charge in [-0.15, -0.1) is 11.6 Å². The van der Waals surface area contributed by atoms with Gasteiger partial charge in [0.05, 0.1) is 19.8 Å². The molecule has 0 aromatic rings. The Hall–Kier alpha value is 0.140. The van der Waals surface area contributed by atoms with E-state index in [9.17, 15) is 4.57 Å². The van der Waals surface area contributed by atoms with Crippen LogP contribution in [0, 0.1) is 0 Å². The van der Waals surface area contributed by atoms with Crippen molar-refractivity contribution in [3.05, 3.63) is 12.2 Å². The van der Waals surface area contributed by atoms with Gasteiger partial charge in [0, 0.05) is 5.38 Å². The maximum absolute atomic E-state index is 11.4. The highest BCUT2D eigenvalue weighted by atomic mass is 35.5. The first kappa shape index (κ1) is 13.2. The molecule has 1 atom stereocenters. The van der Waals surface area contributed by atoms with Crippen LogP contribution in [0.5, 0.6) is 0 Å². The summed E-state index contributed by atoms with van der Waals surface area (Å²) in [4.78, 5) is 0. The van der Waals surface area contributed by atoms with Gasteiger partial charge in [0.25, 0.3) is 0 Å². The lowest BCUT2D eigenvalue weighted by Gasteiger charge is -2.08. The van der Waals surface area contributed by atoms with Crippen LogP contribution in [0.2, 0.25) is 0 Å². The third kappa shape index (κ3) is 5.69. The molecule has 0 aromatic heterocycles. The molecule has 1 aliphatic rings.